The molecule has 0 aromatic carbocycles. The fourth-order valence-corrected chi connectivity index (χ4v) is 1.35. The Morgan fingerprint density at radius 1 is 1.77 bits per heavy atom. The second kappa shape index (κ2) is 8.40. The summed E-state index contributed by atoms with van der Waals surface area (Å²) >= 11 is 6.14. The van der Waals surface area contributed by atoms with E-state index < -0.39 is 6.04 Å². The number of ether oxygens (including phenoxy) is 1. The third-order valence-electron chi connectivity index (χ3n) is 1.36. The van der Waals surface area contributed by atoms with Crippen molar-refractivity contribution < 1.29 is 9.53 Å². The number of thioether (sulfide) groups is 1. The molecule has 0 aliphatic carbocycles. The summed E-state index contributed by atoms with van der Waals surface area (Å²) in [7, 11) is 0. The van der Waals surface area contributed by atoms with E-state index in [0.717, 1.165) is 5.75 Å². The quantitative estimate of drug-likeness (QED) is 0.629. The minimum absolute atomic E-state index is 0.236. The van der Waals surface area contributed by atoms with Crippen molar-refractivity contribution in [3.05, 3.63) is 0 Å². The van der Waals surface area contributed by atoms with Crippen LogP contribution >= 0.6 is 11.8 Å². The first-order chi connectivity index (χ1) is 6.26. The Hall–Kier alpha value is -0.200. The summed E-state index contributed by atoms with van der Waals surface area (Å²) in [5, 5.41) is 0. The van der Waals surface area contributed by atoms with Gasteiger partial charge in [0, 0.05) is 19.0 Å². The van der Waals surface area contributed by atoms with E-state index in [-0.39, 0.29) is 12.6 Å². The lowest BCUT2D eigenvalue weighted by atomic mass is 10.2. The molecule has 0 aromatic heterocycles. The Bertz CT molecular complexity index is 167. The van der Waals surface area contributed by atoms with Crippen molar-refractivity contribution in [1.82, 2.24) is 0 Å². The predicted molar refractivity (Wildman–Crippen MR) is 56.6 cm³/mol. The molecular weight excluding hydrogens is 208 g/mol. The molecule has 0 bridgehead atoms. The lowest BCUT2D eigenvalue weighted by Gasteiger charge is -2.08. The molecule has 0 saturated heterocycles. The van der Waals surface area contributed by atoms with Gasteiger partial charge < -0.3 is 10.5 Å². The molecule has 0 unspecified atom stereocenters. The summed E-state index contributed by atoms with van der Waals surface area (Å²) in [4.78, 5) is 11.2. The summed E-state index contributed by atoms with van der Waals surface area (Å²) < 4.78 is 8.34. The molecule has 0 fully saturated rings. The molecule has 2 N–H and O–H groups in total. The van der Waals surface area contributed by atoms with Crippen LogP contribution in [0, 0.1) is 0 Å². The van der Waals surface area contributed by atoms with Crippen LogP contribution in [0.5, 0.6) is 0 Å². The number of nitrogens with two attached hydrogens (primary N) is 1. The zero-order valence-corrected chi connectivity index (χ0v) is 9.20. The van der Waals surface area contributed by atoms with Gasteiger partial charge in [-0.1, -0.05) is 0 Å². The highest BCUT2D eigenvalue weighted by molar-refractivity contribution is 7.98. The van der Waals surface area contributed by atoms with Crippen LogP contribution in [-0.4, -0.2) is 37.2 Å². The number of hydrogen-bond donors (Lipinski definition) is 1. The topological polar surface area (TPSA) is 64.7 Å². The minimum Gasteiger partial charge on any atom is -0.463 e. The van der Waals surface area contributed by atoms with E-state index in [9.17, 15) is 4.79 Å². The van der Waals surface area contributed by atoms with Crippen molar-refractivity contribution >= 4 is 30.2 Å². The highest BCUT2D eigenvalue weighted by atomic mass is 32.2. The molecule has 0 amide bonds. The lowest BCUT2D eigenvalue weighted by Crippen LogP contribution is -2.24. The van der Waals surface area contributed by atoms with Gasteiger partial charge in [0.15, 0.2) is 6.04 Å². The molecule has 76 valence electrons. The van der Waals surface area contributed by atoms with Crippen molar-refractivity contribution in [2.45, 2.75) is 12.5 Å². The van der Waals surface area contributed by atoms with E-state index in [1.54, 1.807) is 11.8 Å². The largest absolute Gasteiger partial charge is 0.463 e. The molecule has 0 saturated carbocycles. The van der Waals surface area contributed by atoms with Gasteiger partial charge in [-0.3, -0.25) is 0 Å². The molecule has 0 radical (unpaired) electrons. The summed E-state index contributed by atoms with van der Waals surface area (Å²) in [5.74, 6) is 0.484. The Kier molecular flexibility index (Phi) is 8.27. The van der Waals surface area contributed by atoms with Gasteiger partial charge in [0.1, 0.15) is 6.61 Å². The second-order valence-corrected chi connectivity index (χ2v) is 3.56. The van der Waals surface area contributed by atoms with Gasteiger partial charge in [-0.15, -0.1) is 0 Å². The number of esters is 1. The molecule has 0 aliphatic heterocycles. The smallest absolute Gasteiger partial charge is 0.332 e. The number of carbonyl (C=O) groups excluding carboxylic acids is 1. The van der Waals surface area contributed by atoms with E-state index in [4.69, 9.17) is 10.5 Å². The lowest BCUT2D eigenvalue weighted by molar-refractivity contribution is -0.144. The Labute approximate surface area is 87.8 Å². The molecule has 0 rings (SSSR count). The average molecular weight is 222 g/mol. The summed E-state index contributed by atoms with van der Waals surface area (Å²) in [6.45, 7) is 0.567. The van der Waals surface area contributed by atoms with Crippen molar-refractivity contribution in [2.24, 2.45) is 10.1 Å². The van der Waals surface area contributed by atoms with Crippen molar-refractivity contribution in [3.8, 4) is 0 Å². The van der Waals surface area contributed by atoms with Crippen LogP contribution in [0.25, 0.3) is 0 Å². The number of carbonyl (C=O) groups is 1. The van der Waals surface area contributed by atoms with Gasteiger partial charge in [0.2, 0.25) is 0 Å². The minimum atomic E-state index is -0.506. The first kappa shape index (κ1) is 12.8. The van der Waals surface area contributed by atoms with Gasteiger partial charge in [-0.25, -0.2) is 9.16 Å². The molecule has 1 atom stereocenters. The van der Waals surface area contributed by atoms with Crippen molar-refractivity contribution in [2.75, 3.05) is 25.2 Å². The Morgan fingerprint density at radius 3 is 2.92 bits per heavy atom. The van der Waals surface area contributed by atoms with E-state index in [2.05, 4.69) is 16.8 Å². The molecule has 13 heavy (non-hydrogen) atoms. The summed E-state index contributed by atoms with van der Waals surface area (Å²) in [5.41, 5.74) is 5.18. The predicted octanol–water partition coefficient (Wildman–Crippen LogP) is 0.341. The van der Waals surface area contributed by atoms with Gasteiger partial charge in [0.05, 0.1) is 0 Å². The van der Waals surface area contributed by atoms with E-state index in [1.807, 2.05) is 6.26 Å². The SMILES string of the molecule is CSCC[C@H](N=S)C(=O)OCCN. The van der Waals surface area contributed by atoms with Gasteiger partial charge in [0.25, 0.3) is 0 Å². The van der Waals surface area contributed by atoms with E-state index in [1.165, 1.54) is 0 Å². The first-order valence-electron chi connectivity index (χ1n) is 3.94. The highest BCUT2D eigenvalue weighted by Gasteiger charge is 2.17. The van der Waals surface area contributed by atoms with Crippen LogP contribution in [0.1, 0.15) is 6.42 Å². The third kappa shape index (κ3) is 5.95. The standard InChI is InChI=1S/C7H14N2O2S2/c1-13-5-2-6(9-12)7(10)11-4-3-8/h6H,2-5,8H2,1H3/t6-/m0/s1. The molecule has 4 nitrogen and oxygen atoms in total. The van der Waals surface area contributed by atoms with E-state index in [0.29, 0.717) is 13.0 Å². The van der Waals surface area contributed by atoms with Crippen LogP contribution < -0.4 is 5.73 Å². The Balaban J connectivity index is 3.77. The van der Waals surface area contributed by atoms with Crippen LogP contribution in [0.15, 0.2) is 4.36 Å². The highest BCUT2D eigenvalue weighted by Crippen LogP contribution is 2.05. The fourth-order valence-electron chi connectivity index (χ4n) is 0.699. The van der Waals surface area contributed by atoms with Crippen LogP contribution in [0.3, 0.4) is 0 Å². The van der Waals surface area contributed by atoms with Gasteiger partial charge in [-0.2, -0.15) is 11.8 Å². The number of rotatable bonds is 7. The zero-order valence-electron chi connectivity index (χ0n) is 7.56. The maximum absolute atomic E-state index is 11.2. The van der Waals surface area contributed by atoms with E-state index >= 15 is 0 Å². The molecular formula is C7H14N2O2S2. The third-order valence-corrected chi connectivity index (χ3v) is 2.26. The molecule has 0 aromatic rings. The zero-order chi connectivity index (χ0) is 10.1. The first-order valence-corrected chi connectivity index (χ1v) is 5.70. The van der Waals surface area contributed by atoms with Crippen LogP contribution in [0.4, 0.5) is 0 Å². The van der Waals surface area contributed by atoms with Crippen LogP contribution in [-0.2, 0) is 22.0 Å². The molecule has 6 heteroatoms. The molecule has 0 heterocycles. The van der Waals surface area contributed by atoms with Gasteiger partial charge >= 0.3 is 5.97 Å². The summed E-state index contributed by atoms with van der Waals surface area (Å²) in [6.07, 6.45) is 2.60. The Morgan fingerprint density at radius 2 is 2.46 bits per heavy atom. The maximum Gasteiger partial charge on any atom is 0.332 e. The van der Waals surface area contributed by atoms with Gasteiger partial charge in [-0.05, 0) is 18.4 Å². The normalized spacial score (nSPS) is 12.2. The maximum atomic E-state index is 11.2. The van der Waals surface area contributed by atoms with Crippen molar-refractivity contribution in [1.29, 1.82) is 0 Å². The summed E-state index contributed by atoms with van der Waals surface area (Å²) in [6, 6.07) is -0.506. The van der Waals surface area contributed by atoms with Crippen LogP contribution in [0.2, 0.25) is 0 Å². The average Bonchev–Trinajstić information content (AvgIpc) is 2.16. The fraction of sp³-hybridized carbons (Fsp3) is 0.857. The number of hydrogen-bond acceptors (Lipinski definition) is 6. The number of nitrogens with zero attached hydrogens (tertiary/aromatic N) is 1. The second-order valence-electron chi connectivity index (χ2n) is 2.36. The van der Waals surface area contributed by atoms with Crippen molar-refractivity contribution in [3.63, 3.8) is 0 Å². The molecule has 0 spiro atoms. The molecule has 0 aliphatic rings. The monoisotopic (exact) mass is 222 g/mol.